The fourth-order valence-corrected chi connectivity index (χ4v) is 4.68. The molecule has 0 spiro atoms. The van der Waals surface area contributed by atoms with Crippen LogP contribution in [0.2, 0.25) is 0 Å². The van der Waals surface area contributed by atoms with E-state index in [2.05, 4.69) is 15.6 Å². The van der Waals surface area contributed by atoms with Gasteiger partial charge >= 0.3 is 5.97 Å². The van der Waals surface area contributed by atoms with Gasteiger partial charge in [0.2, 0.25) is 10.0 Å². The van der Waals surface area contributed by atoms with Crippen LogP contribution in [-0.4, -0.2) is 70.2 Å². The van der Waals surface area contributed by atoms with Gasteiger partial charge in [-0.05, 0) is 51.4 Å². The molecule has 28 heavy (non-hydrogen) atoms. The van der Waals surface area contributed by atoms with Gasteiger partial charge in [-0.2, -0.15) is 0 Å². The molecule has 10 heteroatoms. The number of hydrogen-bond acceptors (Lipinski definition) is 5. The maximum Gasteiger partial charge on any atom is 0.308 e. The second-order valence-electron chi connectivity index (χ2n) is 7.50. The zero-order valence-corrected chi connectivity index (χ0v) is 20.3. The van der Waals surface area contributed by atoms with E-state index in [1.54, 1.807) is 11.4 Å². The van der Waals surface area contributed by atoms with E-state index in [0.29, 0.717) is 31.7 Å². The Hall–Kier alpha value is -0.620. The van der Waals surface area contributed by atoms with Crippen LogP contribution in [0.25, 0.3) is 0 Å². The molecule has 1 saturated heterocycles. The number of sulfonamides is 1. The first-order valence-corrected chi connectivity index (χ1v) is 11.8. The summed E-state index contributed by atoms with van der Waals surface area (Å²) in [5.74, 6) is 1.18. The molecule has 0 atom stereocenters. The molecule has 2 aliphatic rings. The van der Waals surface area contributed by atoms with Crippen molar-refractivity contribution in [2.45, 2.75) is 51.5 Å². The highest BCUT2D eigenvalue weighted by atomic mass is 127. The molecule has 1 saturated carbocycles. The minimum atomic E-state index is -3.07. The first-order valence-electron chi connectivity index (χ1n) is 9.92. The summed E-state index contributed by atoms with van der Waals surface area (Å²) < 4.78 is 29.8. The summed E-state index contributed by atoms with van der Waals surface area (Å²) in [7, 11) is -1.32. The fourth-order valence-electron chi connectivity index (χ4n) is 3.81. The minimum absolute atomic E-state index is 0. The fraction of sp³-hybridized carbons (Fsp3) is 0.889. The van der Waals surface area contributed by atoms with Crippen molar-refractivity contribution in [1.82, 2.24) is 14.9 Å². The van der Waals surface area contributed by atoms with E-state index in [1.165, 1.54) is 6.26 Å². The average molecular weight is 530 g/mol. The van der Waals surface area contributed by atoms with Crippen LogP contribution in [0.3, 0.4) is 0 Å². The minimum Gasteiger partial charge on any atom is -0.466 e. The predicted octanol–water partition coefficient (Wildman–Crippen LogP) is 1.56. The Morgan fingerprint density at radius 3 is 2.25 bits per heavy atom. The molecule has 8 nitrogen and oxygen atoms in total. The molecule has 1 heterocycles. The van der Waals surface area contributed by atoms with Crippen molar-refractivity contribution in [1.29, 1.82) is 0 Å². The van der Waals surface area contributed by atoms with Crippen LogP contribution >= 0.6 is 24.0 Å². The van der Waals surface area contributed by atoms with Crippen LogP contribution < -0.4 is 10.6 Å². The van der Waals surface area contributed by atoms with Crippen LogP contribution in [-0.2, 0) is 19.6 Å². The van der Waals surface area contributed by atoms with Crippen molar-refractivity contribution < 1.29 is 17.9 Å². The Morgan fingerprint density at radius 2 is 1.75 bits per heavy atom. The number of hydrogen-bond donors (Lipinski definition) is 2. The van der Waals surface area contributed by atoms with E-state index < -0.39 is 10.0 Å². The average Bonchev–Trinajstić information content (AvgIpc) is 2.65. The summed E-state index contributed by atoms with van der Waals surface area (Å²) in [5, 5.41) is 6.82. The zero-order valence-electron chi connectivity index (χ0n) is 17.1. The lowest BCUT2D eigenvalue weighted by atomic mass is 9.86. The highest BCUT2D eigenvalue weighted by Crippen LogP contribution is 2.25. The van der Waals surface area contributed by atoms with Crippen molar-refractivity contribution in [3.05, 3.63) is 0 Å². The van der Waals surface area contributed by atoms with Crippen LogP contribution in [0.15, 0.2) is 4.99 Å². The van der Waals surface area contributed by atoms with Crippen molar-refractivity contribution in [3.63, 3.8) is 0 Å². The number of halogens is 1. The Labute approximate surface area is 186 Å². The normalized spacial score (nSPS) is 24.9. The number of nitrogens with zero attached hydrogens (tertiary/aromatic N) is 2. The van der Waals surface area contributed by atoms with E-state index in [1.807, 2.05) is 6.92 Å². The molecule has 0 bridgehead atoms. The molecular formula is C18H35IN4O4S. The molecule has 0 unspecified atom stereocenters. The monoisotopic (exact) mass is 530 g/mol. The van der Waals surface area contributed by atoms with Gasteiger partial charge in [-0.3, -0.25) is 9.79 Å². The smallest absolute Gasteiger partial charge is 0.308 e. The van der Waals surface area contributed by atoms with E-state index >= 15 is 0 Å². The van der Waals surface area contributed by atoms with E-state index in [0.717, 1.165) is 51.0 Å². The van der Waals surface area contributed by atoms with Crippen molar-refractivity contribution in [3.8, 4) is 0 Å². The maximum atomic E-state index is 11.8. The number of ether oxygens (including phenoxy) is 1. The topological polar surface area (TPSA) is 100 Å². The van der Waals surface area contributed by atoms with Gasteiger partial charge in [0.15, 0.2) is 5.96 Å². The van der Waals surface area contributed by atoms with Gasteiger partial charge in [0.05, 0.1) is 18.8 Å². The predicted molar refractivity (Wildman–Crippen MR) is 121 cm³/mol. The van der Waals surface area contributed by atoms with Crippen LogP contribution in [0, 0.1) is 11.8 Å². The molecule has 0 aromatic heterocycles. The second kappa shape index (κ2) is 12.2. The third-order valence-electron chi connectivity index (χ3n) is 5.51. The van der Waals surface area contributed by atoms with Gasteiger partial charge in [0, 0.05) is 32.7 Å². The van der Waals surface area contributed by atoms with Crippen molar-refractivity contribution in [2.75, 3.05) is 39.5 Å². The van der Waals surface area contributed by atoms with Crippen LogP contribution in [0.4, 0.5) is 0 Å². The number of aliphatic imine (C=N–C) groups is 1. The zero-order chi connectivity index (χ0) is 19.9. The molecule has 2 N–H and O–H groups in total. The summed E-state index contributed by atoms with van der Waals surface area (Å²) in [6, 6.07) is 0.314. The third-order valence-corrected chi connectivity index (χ3v) is 6.82. The molecule has 2 rings (SSSR count). The molecule has 1 aliphatic carbocycles. The lowest BCUT2D eigenvalue weighted by molar-refractivity contribution is -0.149. The molecule has 1 aliphatic heterocycles. The first-order chi connectivity index (χ1) is 12.8. The summed E-state index contributed by atoms with van der Waals surface area (Å²) >= 11 is 0. The van der Waals surface area contributed by atoms with Crippen LogP contribution in [0.5, 0.6) is 0 Å². The Balaban J connectivity index is 0.00000392. The van der Waals surface area contributed by atoms with Crippen molar-refractivity contribution >= 4 is 45.9 Å². The van der Waals surface area contributed by atoms with Crippen LogP contribution in [0.1, 0.15) is 45.4 Å². The quantitative estimate of drug-likeness (QED) is 0.234. The van der Waals surface area contributed by atoms with Gasteiger partial charge in [0.1, 0.15) is 0 Å². The molecular weight excluding hydrogens is 495 g/mol. The number of nitrogens with one attached hydrogen (secondary N) is 2. The second-order valence-corrected chi connectivity index (χ2v) is 9.49. The number of esters is 1. The SMILES string of the molecule is CCOC(=O)C1CCC(NC(=NC)NCC2CCN(S(C)(=O)=O)CC2)CC1.I. The van der Waals surface area contributed by atoms with Gasteiger partial charge in [0.25, 0.3) is 0 Å². The summed E-state index contributed by atoms with van der Waals surface area (Å²) in [5.41, 5.74) is 0. The van der Waals surface area contributed by atoms with E-state index in [9.17, 15) is 13.2 Å². The van der Waals surface area contributed by atoms with E-state index in [4.69, 9.17) is 4.74 Å². The maximum absolute atomic E-state index is 11.8. The number of rotatable bonds is 6. The number of carbonyl (C=O) groups is 1. The van der Waals surface area contributed by atoms with Gasteiger partial charge in [-0.25, -0.2) is 12.7 Å². The number of guanidine groups is 1. The lowest BCUT2D eigenvalue weighted by Crippen LogP contribution is -2.47. The molecule has 0 amide bonds. The molecule has 164 valence electrons. The van der Waals surface area contributed by atoms with Gasteiger partial charge in [-0.1, -0.05) is 0 Å². The molecule has 0 aromatic carbocycles. The molecule has 0 radical (unpaired) electrons. The largest absolute Gasteiger partial charge is 0.466 e. The van der Waals surface area contributed by atoms with Gasteiger partial charge in [-0.15, -0.1) is 24.0 Å². The third kappa shape index (κ3) is 8.02. The number of carbonyl (C=O) groups excluding carboxylic acids is 1. The van der Waals surface area contributed by atoms with Crippen molar-refractivity contribution in [2.24, 2.45) is 16.8 Å². The highest BCUT2D eigenvalue weighted by molar-refractivity contribution is 14.0. The molecule has 2 fully saturated rings. The molecule has 0 aromatic rings. The Morgan fingerprint density at radius 1 is 1.14 bits per heavy atom. The Kier molecular flexibility index (Phi) is 11.0. The first kappa shape index (κ1) is 25.4. The lowest BCUT2D eigenvalue weighted by Gasteiger charge is -2.32. The number of piperidine rings is 1. The standard InChI is InChI=1S/C18H34N4O4S.HI/c1-4-26-17(23)15-5-7-16(8-6-15)21-18(19-2)20-13-14-9-11-22(12-10-14)27(3,24)25;/h14-16H,4-13H2,1-3H3,(H2,19,20,21);1H. The van der Waals surface area contributed by atoms with E-state index in [-0.39, 0.29) is 35.9 Å². The summed E-state index contributed by atoms with van der Waals surface area (Å²) in [4.78, 5) is 16.1. The highest BCUT2D eigenvalue weighted by Gasteiger charge is 2.28. The van der Waals surface area contributed by atoms with Gasteiger partial charge < -0.3 is 15.4 Å². The summed E-state index contributed by atoms with van der Waals surface area (Å²) in [6.07, 6.45) is 6.54. The summed E-state index contributed by atoms with van der Waals surface area (Å²) in [6.45, 7) is 4.25. The Bertz CT molecular complexity index is 613.